The molecule has 7 nitrogen and oxygen atoms in total. The number of carbonyl (C=O) groups is 2. The molecule has 2 N–H and O–H groups in total. The number of hydrogen-bond acceptors (Lipinski definition) is 7. The number of thiazole rings is 1. The summed E-state index contributed by atoms with van der Waals surface area (Å²) in [4.78, 5) is 36.1. The van der Waals surface area contributed by atoms with E-state index < -0.39 is 0 Å². The van der Waals surface area contributed by atoms with Gasteiger partial charge in [0.2, 0.25) is 0 Å². The fourth-order valence-corrected chi connectivity index (χ4v) is 5.70. The number of rotatable bonds is 7. The lowest BCUT2D eigenvalue weighted by Gasteiger charge is -2.20. The highest BCUT2D eigenvalue weighted by Gasteiger charge is 2.22. The molecule has 1 aliphatic rings. The average molecular weight is 504 g/mol. The number of benzene rings is 1. The Morgan fingerprint density at radius 1 is 1.18 bits per heavy atom. The van der Waals surface area contributed by atoms with Crippen molar-refractivity contribution in [2.75, 3.05) is 33.0 Å². The molecule has 0 unspecified atom stereocenters. The molecule has 33 heavy (non-hydrogen) atoms. The number of amides is 2. The van der Waals surface area contributed by atoms with Crippen molar-refractivity contribution >= 4 is 51.8 Å². The van der Waals surface area contributed by atoms with Gasteiger partial charge in [0.1, 0.15) is 0 Å². The van der Waals surface area contributed by atoms with Gasteiger partial charge in [-0.25, -0.2) is 4.98 Å². The Hall–Kier alpha value is -2.30. The minimum Gasteiger partial charge on any atom is -0.347 e. The number of carbonyl (C=O) groups excluding carboxylic acids is 2. The molecule has 10 heteroatoms. The third kappa shape index (κ3) is 5.99. The highest BCUT2D eigenvalue weighted by molar-refractivity contribution is 7.18. The second kappa shape index (κ2) is 10.3. The first kappa shape index (κ1) is 23.8. The van der Waals surface area contributed by atoms with Crippen LogP contribution in [-0.2, 0) is 26.1 Å². The first-order chi connectivity index (χ1) is 15.8. The molecule has 0 saturated heterocycles. The number of fused-ring (bicyclic) bond motifs is 1. The molecule has 3 heterocycles. The van der Waals surface area contributed by atoms with E-state index in [1.807, 2.05) is 32.3 Å². The van der Waals surface area contributed by atoms with Gasteiger partial charge in [0, 0.05) is 43.2 Å². The van der Waals surface area contributed by atoms with Gasteiger partial charge in [0.15, 0.2) is 5.01 Å². The van der Waals surface area contributed by atoms with Gasteiger partial charge in [-0.15, -0.1) is 22.7 Å². The zero-order valence-corrected chi connectivity index (χ0v) is 21.2. The molecule has 3 aromatic rings. The second-order valence-corrected chi connectivity index (χ2v) is 11.1. The molecule has 0 saturated carbocycles. The molecule has 1 aromatic carbocycles. The van der Waals surface area contributed by atoms with Gasteiger partial charge in [-0.2, -0.15) is 0 Å². The summed E-state index contributed by atoms with van der Waals surface area (Å²) < 4.78 is 0.568. The second-order valence-electron chi connectivity index (χ2n) is 8.35. The first-order valence-electron chi connectivity index (χ1n) is 10.6. The summed E-state index contributed by atoms with van der Waals surface area (Å²) >= 11 is 8.63. The number of hydrogen-bond donors (Lipinski definition) is 2. The maximum absolute atomic E-state index is 13.1. The predicted molar refractivity (Wildman–Crippen MR) is 134 cm³/mol. The Labute approximate surface area is 206 Å². The van der Waals surface area contributed by atoms with Crippen molar-refractivity contribution in [2.45, 2.75) is 26.1 Å². The third-order valence-electron chi connectivity index (χ3n) is 5.27. The van der Waals surface area contributed by atoms with Gasteiger partial charge in [-0.3, -0.25) is 9.59 Å². The van der Waals surface area contributed by atoms with E-state index in [1.54, 1.807) is 12.1 Å². The van der Waals surface area contributed by atoms with Crippen LogP contribution in [0.1, 0.15) is 41.2 Å². The Kier molecular flexibility index (Phi) is 7.45. The SMILES string of the molecule is CN(C)Cc1ccc(CNC(=O)c2ccc(Cl)s2)c(NC(=O)c2nc3c(s2)CN(C)CC3)c1. The van der Waals surface area contributed by atoms with E-state index in [-0.39, 0.29) is 18.4 Å². The standard InChI is InChI=1S/C23H26ClN5O2S2/c1-28(2)12-14-4-5-15(11-25-21(30)18-6-7-20(24)32-18)17(10-14)26-22(31)23-27-16-8-9-29(3)13-19(16)33-23/h4-7,10H,8-9,11-13H2,1-3H3,(H,25,30)(H,26,31). The Morgan fingerprint density at radius 2 is 2.00 bits per heavy atom. The molecular weight excluding hydrogens is 478 g/mol. The van der Waals surface area contributed by atoms with Crippen LogP contribution in [-0.4, -0.2) is 54.3 Å². The summed E-state index contributed by atoms with van der Waals surface area (Å²) in [6.07, 6.45) is 0.859. The van der Waals surface area contributed by atoms with Gasteiger partial charge in [-0.05, 0) is 50.5 Å². The fraction of sp³-hybridized carbons (Fsp3) is 0.348. The lowest BCUT2D eigenvalue weighted by molar-refractivity contribution is 0.0954. The van der Waals surface area contributed by atoms with Crippen LogP contribution < -0.4 is 10.6 Å². The number of anilines is 1. The van der Waals surface area contributed by atoms with Gasteiger partial charge < -0.3 is 20.4 Å². The van der Waals surface area contributed by atoms with Crippen molar-refractivity contribution < 1.29 is 9.59 Å². The van der Waals surface area contributed by atoms with Crippen LogP contribution in [0.3, 0.4) is 0 Å². The van der Waals surface area contributed by atoms with Crippen LogP contribution in [0, 0.1) is 0 Å². The Balaban J connectivity index is 1.53. The van der Waals surface area contributed by atoms with Crippen LogP contribution in [0.5, 0.6) is 0 Å². The molecule has 0 radical (unpaired) electrons. The minimum absolute atomic E-state index is 0.196. The molecule has 4 rings (SSSR count). The van der Waals surface area contributed by atoms with E-state index in [1.165, 1.54) is 22.7 Å². The van der Waals surface area contributed by atoms with E-state index in [4.69, 9.17) is 11.6 Å². The summed E-state index contributed by atoms with van der Waals surface area (Å²) in [6.45, 7) is 2.79. The number of aromatic nitrogens is 1. The molecular formula is C23H26ClN5O2S2. The maximum atomic E-state index is 13.1. The van der Waals surface area contributed by atoms with Crippen molar-refractivity contribution in [1.82, 2.24) is 20.1 Å². The van der Waals surface area contributed by atoms with Crippen molar-refractivity contribution in [3.63, 3.8) is 0 Å². The minimum atomic E-state index is -0.225. The summed E-state index contributed by atoms with van der Waals surface area (Å²) in [6, 6.07) is 9.32. The lowest BCUT2D eigenvalue weighted by atomic mass is 10.1. The van der Waals surface area contributed by atoms with Crippen LogP contribution in [0.15, 0.2) is 30.3 Å². The zero-order chi connectivity index (χ0) is 23.5. The summed E-state index contributed by atoms with van der Waals surface area (Å²) in [5.74, 6) is -0.421. The van der Waals surface area contributed by atoms with Crippen LogP contribution in [0.25, 0.3) is 0 Å². The largest absolute Gasteiger partial charge is 0.347 e. The summed E-state index contributed by atoms with van der Waals surface area (Å²) in [7, 11) is 6.06. The fourth-order valence-electron chi connectivity index (χ4n) is 3.65. The molecule has 0 atom stereocenters. The molecule has 0 fully saturated rings. The van der Waals surface area contributed by atoms with E-state index >= 15 is 0 Å². The quantitative estimate of drug-likeness (QED) is 0.508. The van der Waals surface area contributed by atoms with E-state index in [0.717, 1.165) is 47.8 Å². The van der Waals surface area contributed by atoms with Crippen molar-refractivity contribution in [3.8, 4) is 0 Å². The molecule has 0 bridgehead atoms. The third-order valence-corrected chi connectivity index (χ3v) is 7.59. The number of nitrogens with zero attached hydrogens (tertiary/aromatic N) is 3. The van der Waals surface area contributed by atoms with Crippen molar-refractivity contribution in [2.24, 2.45) is 0 Å². The van der Waals surface area contributed by atoms with E-state index in [9.17, 15) is 9.59 Å². The monoisotopic (exact) mass is 503 g/mol. The predicted octanol–water partition coefficient (Wildman–Crippen LogP) is 4.09. The topological polar surface area (TPSA) is 77.6 Å². The summed E-state index contributed by atoms with van der Waals surface area (Å²) in [5.41, 5.74) is 3.58. The normalized spacial score (nSPS) is 13.7. The molecule has 1 aliphatic heterocycles. The van der Waals surface area contributed by atoms with Gasteiger partial charge in [0.05, 0.1) is 14.9 Å². The Morgan fingerprint density at radius 3 is 2.73 bits per heavy atom. The molecule has 0 aliphatic carbocycles. The highest BCUT2D eigenvalue weighted by Crippen LogP contribution is 2.27. The summed E-state index contributed by atoms with van der Waals surface area (Å²) in [5, 5.41) is 6.42. The van der Waals surface area contributed by atoms with Crippen LogP contribution >= 0.6 is 34.3 Å². The highest BCUT2D eigenvalue weighted by atomic mass is 35.5. The van der Waals surface area contributed by atoms with Crippen molar-refractivity contribution in [3.05, 3.63) is 66.3 Å². The van der Waals surface area contributed by atoms with Gasteiger partial charge >= 0.3 is 0 Å². The molecule has 0 spiro atoms. The number of nitrogens with one attached hydrogen (secondary N) is 2. The lowest BCUT2D eigenvalue weighted by Crippen LogP contribution is -2.25. The molecule has 174 valence electrons. The number of thiophene rings is 1. The van der Waals surface area contributed by atoms with E-state index in [2.05, 4.69) is 32.5 Å². The smallest absolute Gasteiger partial charge is 0.284 e. The van der Waals surface area contributed by atoms with Crippen molar-refractivity contribution in [1.29, 1.82) is 0 Å². The molecule has 2 aromatic heterocycles. The maximum Gasteiger partial charge on any atom is 0.284 e. The zero-order valence-electron chi connectivity index (χ0n) is 18.8. The molecule has 2 amide bonds. The Bertz CT molecular complexity index is 1170. The number of halogens is 1. The van der Waals surface area contributed by atoms with E-state index in [0.29, 0.717) is 19.9 Å². The van der Waals surface area contributed by atoms with Crippen LogP contribution in [0.4, 0.5) is 5.69 Å². The van der Waals surface area contributed by atoms with Gasteiger partial charge in [0.25, 0.3) is 11.8 Å². The van der Waals surface area contributed by atoms with Gasteiger partial charge in [-0.1, -0.05) is 23.7 Å². The van der Waals surface area contributed by atoms with Crippen LogP contribution in [0.2, 0.25) is 4.34 Å². The number of likely N-dealkylation sites (N-methyl/N-ethyl adjacent to an activating group) is 1. The average Bonchev–Trinajstić information content (AvgIpc) is 3.38. The first-order valence-corrected chi connectivity index (χ1v) is 12.6.